The summed E-state index contributed by atoms with van der Waals surface area (Å²) in [5.41, 5.74) is 6.38. The molecular weight excluding hydrogens is 182 g/mol. The zero-order valence-electron chi connectivity index (χ0n) is 7.34. The van der Waals surface area contributed by atoms with Crippen molar-refractivity contribution in [3.8, 4) is 0 Å². The van der Waals surface area contributed by atoms with Crippen molar-refractivity contribution >= 4 is 11.5 Å². The Morgan fingerprint density at radius 1 is 1.43 bits per heavy atom. The largest absolute Gasteiger partial charge is 0.384 e. The van der Waals surface area contributed by atoms with Gasteiger partial charge in [-0.15, -0.1) is 0 Å². The highest BCUT2D eigenvalue weighted by Gasteiger charge is 1.98. The Kier molecular flexibility index (Phi) is 2.26. The molecular formula is C8H9N5O. The van der Waals surface area contributed by atoms with E-state index in [0.29, 0.717) is 18.2 Å². The van der Waals surface area contributed by atoms with Crippen LogP contribution in [0.25, 0.3) is 0 Å². The van der Waals surface area contributed by atoms with Gasteiger partial charge in [0.2, 0.25) is 6.39 Å². The Balaban J connectivity index is 1.98. The van der Waals surface area contributed by atoms with Gasteiger partial charge >= 0.3 is 0 Å². The lowest BCUT2D eigenvalue weighted by atomic mass is 10.4. The van der Waals surface area contributed by atoms with Crippen LogP contribution in [0, 0.1) is 0 Å². The lowest BCUT2D eigenvalue weighted by Gasteiger charge is -2.02. The number of nitrogen functional groups attached to an aromatic ring is 1. The molecule has 0 amide bonds. The summed E-state index contributed by atoms with van der Waals surface area (Å²) in [7, 11) is 0. The van der Waals surface area contributed by atoms with Crippen molar-refractivity contribution in [1.29, 1.82) is 0 Å². The summed E-state index contributed by atoms with van der Waals surface area (Å²) in [6.07, 6.45) is 2.92. The third kappa shape index (κ3) is 1.98. The van der Waals surface area contributed by atoms with Crippen LogP contribution in [0.1, 0.15) is 5.82 Å². The minimum atomic E-state index is 0.475. The van der Waals surface area contributed by atoms with Gasteiger partial charge in [-0.05, 0) is 6.07 Å². The minimum absolute atomic E-state index is 0.475. The molecule has 2 aromatic rings. The number of hydrogen-bond acceptors (Lipinski definition) is 6. The molecule has 0 bridgehead atoms. The maximum Gasteiger partial charge on any atom is 0.213 e. The summed E-state index contributed by atoms with van der Waals surface area (Å²) in [6.45, 7) is 0.500. The molecule has 0 fully saturated rings. The highest BCUT2D eigenvalue weighted by atomic mass is 16.5. The lowest BCUT2D eigenvalue weighted by molar-refractivity contribution is 0.411. The molecule has 0 aliphatic rings. The van der Waals surface area contributed by atoms with E-state index >= 15 is 0 Å². The lowest BCUT2D eigenvalue weighted by Crippen LogP contribution is -2.02. The van der Waals surface area contributed by atoms with Crippen LogP contribution in [0.4, 0.5) is 11.5 Å². The number of hydrogen-bond donors (Lipinski definition) is 2. The smallest absolute Gasteiger partial charge is 0.213 e. The maximum absolute atomic E-state index is 5.51. The molecule has 0 aliphatic heterocycles. The van der Waals surface area contributed by atoms with Gasteiger partial charge in [0.15, 0.2) is 5.82 Å². The van der Waals surface area contributed by atoms with Crippen molar-refractivity contribution in [3.05, 3.63) is 30.5 Å². The molecule has 2 aromatic heterocycles. The van der Waals surface area contributed by atoms with Gasteiger partial charge in [-0.25, -0.2) is 4.98 Å². The fraction of sp³-hybridized carbons (Fsp3) is 0.125. The van der Waals surface area contributed by atoms with E-state index in [9.17, 15) is 0 Å². The van der Waals surface area contributed by atoms with E-state index < -0.39 is 0 Å². The molecule has 0 aliphatic carbocycles. The van der Waals surface area contributed by atoms with Gasteiger partial charge in [0.1, 0.15) is 5.82 Å². The molecule has 2 heterocycles. The summed E-state index contributed by atoms with van der Waals surface area (Å²) in [6, 6.07) is 3.55. The Labute approximate surface area is 80.1 Å². The van der Waals surface area contributed by atoms with Crippen LogP contribution < -0.4 is 11.1 Å². The number of nitrogens with two attached hydrogens (primary N) is 1. The standard InChI is InChI=1S/C8H9N5O/c9-7-3-6(1-2-10-7)11-4-8-12-5-14-13-8/h1-3,5H,4H2,(H3,9,10,11). The molecule has 3 N–H and O–H groups in total. The van der Waals surface area contributed by atoms with E-state index in [1.165, 1.54) is 6.39 Å². The van der Waals surface area contributed by atoms with Gasteiger partial charge in [-0.3, -0.25) is 0 Å². The summed E-state index contributed by atoms with van der Waals surface area (Å²) < 4.78 is 4.59. The van der Waals surface area contributed by atoms with Crippen LogP contribution in [0.3, 0.4) is 0 Å². The van der Waals surface area contributed by atoms with E-state index in [1.54, 1.807) is 12.3 Å². The highest BCUT2D eigenvalue weighted by molar-refractivity contribution is 5.49. The number of aromatic nitrogens is 3. The van der Waals surface area contributed by atoms with Crippen molar-refractivity contribution < 1.29 is 4.52 Å². The van der Waals surface area contributed by atoms with Gasteiger partial charge < -0.3 is 15.6 Å². The second-order valence-electron chi connectivity index (χ2n) is 2.67. The highest BCUT2D eigenvalue weighted by Crippen LogP contribution is 2.09. The van der Waals surface area contributed by atoms with Crippen molar-refractivity contribution in [2.24, 2.45) is 0 Å². The molecule has 14 heavy (non-hydrogen) atoms. The predicted octanol–water partition coefficient (Wildman–Crippen LogP) is 0.659. The molecule has 0 unspecified atom stereocenters. The zero-order valence-corrected chi connectivity index (χ0v) is 7.34. The number of rotatable bonds is 3. The van der Waals surface area contributed by atoms with Crippen LogP contribution in [0.2, 0.25) is 0 Å². The third-order valence-electron chi connectivity index (χ3n) is 1.64. The molecule has 0 spiro atoms. The first-order chi connectivity index (χ1) is 6.84. The van der Waals surface area contributed by atoms with Gasteiger partial charge in [-0.2, -0.15) is 4.98 Å². The predicted molar refractivity (Wildman–Crippen MR) is 50.3 cm³/mol. The van der Waals surface area contributed by atoms with Crippen LogP contribution in [0.5, 0.6) is 0 Å². The van der Waals surface area contributed by atoms with Gasteiger partial charge in [0.25, 0.3) is 0 Å². The van der Waals surface area contributed by atoms with Crippen LogP contribution in [-0.4, -0.2) is 15.1 Å². The van der Waals surface area contributed by atoms with Crippen molar-refractivity contribution in [1.82, 2.24) is 15.1 Å². The van der Waals surface area contributed by atoms with E-state index in [4.69, 9.17) is 5.73 Å². The van der Waals surface area contributed by atoms with Crippen LogP contribution >= 0.6 is 0 Å². The van der Waals surface area contributed by atoms with E-state index in [-0.39, 0.29) is 0 Å². The Morgan fingerprint density at radius 2 is 2.36 bits per heavy atom. The first-order valence-electron chi connectivity index (χ1n) is 4.05. The second kappa shape index (κ2) is 3.73. The molecule has 0 aromatic carbocycles. The molecule has 0 saturated carbocycles. The first kappa shape index (κ1) is 8.49. The number of anilines is 2. The quantitative estimate of drug-likeness (QED) is 0.740. The topological polar surface area (TPSA) is 89.9 Å². The molecule has 2 rings (SSSR count). The van der Waals surface area contributed by atoms with Crippen molar-refractivity contribution in [2.75, 3.05) is 11.1 Å². The Morgan fingerprint density at radius 3 is 3.07 bits per heavy atom. The Hall–Kier alpha value is -2.11. The number of nitrogens with zero attached hydrogens (tertiary/aromatic N) is 3. The summed E-state index contributed by atoms with van der Waals surface area (Å²) in [4.78, 5) is 7.74. The van der Waals surface area contributed by atoms with Crippen molar-refractivity contribution in [3.63, 3.8) is 0 Å². The summed E-state index contributed by atoms with van der Waals surface area (Å²) >= 11 is 0. The summed E-state index contributed by atoms with van der Waals surface area (Å²) in [5, 5.41) is 6.74. The van der Waals surface area contributed by atoms with Gasteiger partial charge in [-0.1, -0.05) is 5.16 Å². The number of nitrogens with one attached hydrogen (secondary N) is 1. The second-order valence-corrected chi connectivity index (χ2v) is 2.67. The van der Waals surface area contributed by atoms with Gasteiger partial charge in [0, 0.05) is 18.0 Å². The third-order valence-corrected chi connectivity index (χ3v) is 1.64. The molecule has 6 nitrogen and oxygen atoms in total. The SMILES string of the molecule is Nc1cc(NCc2ncon2)ccn1. The zero-order chi connectivity index (χ0) is 9.80. The minimum Gasteiger partial charge on any atom is -0.384 e. The van der Waals surface area contributed by atoms with Crippen LogP contribution in [0.15, 0.2) is 29.2 Å². The monoisotopic (exact) mass is 191 g/mol. The molecule has 0 saturated heterocycles. The number of pyridine rings is 1. The average molecular weight is 191 g/mol. The molecule has 6 heteroatoms. The molecule has 0 radical (unpaired) electrons. The summed E-state index contributed by atoms with van der Waals surface area (Å²) in [5.74, 6) is 1.07. The van der Waals surface area contributed by atoms with E-state index in [1.807, 2.05) is 6.07 Å². The normalized spacial score (nSPS) is 10.0. The maximum atomic E-state index is 5.51. The fourth-order valence-electron chi connectivity index (χ4n) is 1.01. The van der Waals surface area contributed by atoms with Gasteiger partial charge in [0.05, 0.1) is 6.54 Å². The van der Waals surface area contributed by atoms with Crippen molar-refractivity contribution in [2.45, 2.75) is 6.54 Å². The van der Waals surface area contributed by atoms with E-state index in [0.717, 1.165) is 5.69 Å². The van der Waals surface area contributed by atoms with E-state index in [2.05, 4.69) is 25.0 Å². The Bertz CT molecular complexity index is 400. The average Bonchev–Trinajstić information content (AvgIpc) is 2.67. The fourth-order valence-corrected chi connectivity index (χ4v) is 1.01. The molecule has 0 atom stereocenters. The first-order valence-corrected chi connectivity index (χ1v) is 4.05. The molecule has 72 valence electrons. The van der Waals surface area contributed by atoms with Crippen LogP contribution in [-0.2, 0) is 6.54 Å².